The number of hydrogen-bond acceptors (Lipinski definition) is 4. The lowest BCUT2D eigenvalue weighted by molar-refractivity contribution is 0.0782. The van der Waals surface area contributed by atoms with Gasteiger partial charge < -0.3 is 10.6 Å². The van der Waals surface area contributed by atoms with Crippen LogP contribution in [0.3, 0.4) is 0 Å². The Bertz CT molecular complexity index is 508. The molecule has 88 valence electrons. The van der Waals surface area contributed by atoms with Gasteiger partial charge in [-0.15, -0.1) is 0 Å². The molecule has 17 heavy (non-hydrogen) atoms. The van der Waals surface area contributed by atoms with Crippen molar-refractivity contribution in [3.05, 3.63) is 42.0 Å². The number of carbonyl (C=O) groups excluding carboxylic acids is 1. The molecule has 3 N–H and O–H groups in total. The number of aromatic nitrogens is 3. The molecule has 0 aliphatic heterocycles. The molecule has 1 aromatic carbocycles. The maximum Gasteiger partial charge on any atom is 0.254 e. The summed E-state index contributed by atoms with van der Waals surface area (Å²) in [5.41, 5.74) is 6.77. The van der Waals surface area contributed by atoms with E-state index in [1.54, 1.807) is 36.2 Å². The van der Waals surface area contributed by atoms with E-state index in [9.17, 15) is 4.79 Å². The van der Waals surface area contributed by atoms with Crippen LogP contribution in [0.1, 0.15) is 16.2 Å². The van der Waals surface area contributed by atoms with Gasteiger partial charge >= 0.3 is 0 Å². The molecular weight excluding hydrogens is 218 g/mol. The van der Waals surface area contributed by atoms with Gasteiger partial charge in [0.15, 0.2) is 0 Å². The lowest BCUT2D eigenvalue weighted by atomic mass is 10.2. The number of nitrogen functional groups attached to an aromatic ring is 1. The lowest BCUT2D eigenvalue weighted by Gasteiger charge is -2.15. The minimum atomic E-state index is -0.103. The standard InChI is InChI=1S/C11H13N5O/c1-16(6-10-13-7-14-15-10)11(17)8-3-2-4-9(12)5-8/h2-5,7H,6,12H2,1H3,(H,13,14,15). The van der Waals surface area contributed by atoms with Crippen molar-refractivity contribution in [2.75, 3.05) is 12.8 Å². The van der Waals surface area contributed by atoms with Crippen LogP contribution in [0.4, 0.5) is 5.69 Å². The first-order chi connectivity index (χ1) is 8.16. The van der Waals surface area contributed by atoms with E-state index in [0.29, 0.717) is 23.6 Å². The summed E-state index contributed by atoms with van der Waals surface area (Å²) in [6.07, 6.45) is 1.41. The first-order valence-corrected chi connectivity index (χ1v) is 5.12. The second-order valence-electron chi connectivity index (χ2n) is 3.72. The number of nitrogens with one attached hydrogen (secondary N) is 1. The molecule has 0 aliphatic rings. The molecule has 0 saturated carbocycles. The number of aromatic amines is 1. The number of H-pyrrole nitrogens is 1. The Hall–Kier alpha value is -2.37. The molecule has 1 amide bonds. The van der Waals surface area contributed by atoms with E-state index in [4.69, 9.17) is 5.73 Å². The van der Waals surface area contributed by atoms with Crippen molar-refractivity contribution in [3.63, 3.8) is 0 Å². The van der Waals surface area contributed by atoms with Crippen LogP contribution in [0.5, 0.6) is 0 Å². The monoisotopic (exact) mass is 231 g/mol. The van der Waals surface area contributed by atoms with Gasteiger partial charge in [0, 0.05) is 18.3 Å². The van der Waals surface area contributed by atoms with Gasteiger partial charge in [-0.1, -0.05) is 6.07 Å². The van der Waals surface area contributed by atoms with E-state index in [2.05, 4.69) is 15.2 Å². The third kappa shape index (κ3) is 2.60. The number of benzene rings is 1. The highest BCUT2D eigenvalue weighted by molar-refractivity contribution is 5.94. The quantitative estimate of drug-likeness (QED) is 0.759. The van der Waals surface area contributed by atoms with Crippen molar-refractivity contribution in [1.29, 1.82) is 0 Å². The van der Waals surface area contributed by atoms with Crippen LogP contribution >= 0.6 is 0 Å². The van der Waals surface area contributed by atoms with E-state index in [1.165, 1.54) is 6.33 Å². The Balaban J connectivity index is 2.09. The Morgan fingerprint density at radius 3 is 3.00 bits per heavy atom. The highest BCUT2D eigenvalue weighted by Crippen LogP contribution is 2.09. The molecule has 0 saturated heterocycles. The van der Waals surface area contributed by atoms with Crippen molar-refractivity contribution in [2.24, 2.45) is 0 Å². The van der Waals surface area contributed by atoms with Crippen LogP contribution in [0.2, 0.25) is 0 Å². The summed E-state index contributed by atoms with van der Waals surface area (Å²) in [4.78, 5) is 17.5. The number of nitrogens with zero attached hydrogens (tertiary/aromatic N) is 3. The molecular formula is C11H13N5O. The Kier molecular flexibility index (Phi) is 3.04. The Morgan fingerprint density at radius 1 is 1.53 bits per heavy atom. The zero-order valence-electron chi connectivity index (χ0n) is 9.42. The average Bonchev–Trinajstić information content (AvgIpc) is 2.80. The third-order valence-corrected chi connectivity index (χ3v) is 2.33. The maximum atomic E-state index is 12.0. The molecule has 0 radical (unpaired) electrons. The van der Waals surface area contributed by atoms with Crippen LogP contribution in [-0.4, -0.2) is 33.0 Å². The van der Waals surface area contributed by atoms with Crippen LogP contribution in [0.25, 0.3) is 0 Å². The van der Waals surface area contributed by atoms with Crippen LogP contribution in [0, 0.1) is 0 Å². The molecule has 0 atom stereocenters. The molecule has 2 aromatic rings. The smallest absolute Gasteiger partial charge is 0.254 e. The molecule has 0 fully saturated rings. The van der Waals surface area contributed by atoms with E-state index < -0.39 is 0 Å². The fourth-order valence-corrected chi connectivity index (χ4v) is 1.50. The van der Waals surface area contributed by atoms with Gasteiger partial charge in [0.25, 0.3) is 5.91 Å². The molecule has 6 heteroatoms. The largest absolute Gasteiger partial charge is 0.399 e. The fourth-order valence-electron chi connectivity index (χ4n) is 1.50. The molecule has 0 aliphatic carbocycles. The molecule has 0 spiro atoms. The van der Waals surface area contributed by atoms with Gasteiger partial charge in [0.2, 0.25) is 0 Å². The number of rotatable bonds is 3. The van der Waals surface area contributed by atoms with E-state index in [-0.39, 0.29) is 5.91 Å². The fraction of sp³-hybridized carbons (Fsp3) is 0.182. The normalized spacial score (nSPS) is 10.2. The van der Waals surface area contributed by atoms with E-state index >= 15 is 0 Å². The number of hydrogen-bond donors (Lipinski definition) is 2. The van der Waals surface area contributed by atoms with Gasteiger partial charge in [0.05, 0.1) is 6.54 Å². The number of amides is 1. The van der Waals surface area contributed by atoms with Crippen LogP contribution < -0.4 is 5.73 Å². The van der Waals surface area contributed by atoms with Crippen molar-refractivity contribution in [1.82, 2.24) is 20.1 Å². The molecule has 0 unspecified atom stereocenters. The summed E-state index contributed by atoms with van der Waals surface area (Å²) in [5.74, 6) is 0.540. The third-order valence-electron chi connectivity index (χ3n) is 2.33. The highest BCUT2D eigenvalue weighted by Gasteiger charge is 2.13. The number of carbonyl (C=O) groups is 1. The van der Waals surface area contributed by atoms with Crippen molar-refractivity contribution in [2.45, 2.75) is 6.54 Å². The van der Waals surface area contributed by atoms with Gasteiger partial charge in [-0.2, -0.15) is 5.10 Å². The van der Waals surface area contributed by atoms with Crippen LogP contribution in [0.15, 0.2) is 30.6 Å². The summed E-state index contributed by atoms with van der Waals surface area (Å²) in [5, 5.41) is 6.43. The minimum Gasteiger partial charge on any atom is -0.399 e. The molecule has 6 nitrogen and oxygen atoms in total. The maximum absolute atomic E-state index is 12.0. The van der Waals surface area contributed by atoms with E-state index in [0.717, 1.165) is 0 Å². The second kappa shape index (κ2) is 4.65. The topological polar surface area (TPSA) is 87.9 Å². The zero-order valence-corrected chi connectivity index (χ0v) is 9.42. The average molecular weight is 231 g/mol. The Morgan fingerprint density at radius 2 is 2.35 bits per heavy atom. The number of nitrogens with two attached hydrogens (primary N) is 1. The van der Waals surface area contributed by atoms with Gasteiger partial charge in [0.1, 0.15) is 12.2 Å². The van der Waals surface area contributed by atoms with E-state index in [1.807, 2.05) is 0 Å². The van der Waals surface area contributed by atoms with Gasteiger partial charge in [-0.05, 0) is 18.2 Å². The summed E-state index contributed by atoms with van der Waals surface area (Å²) >= 11 is 0. The molecule has 2 rings (SSSR count). The predicted molar refractivity (Wildman–Crippen MR) is 63.0 cm³/mol. The van der Waals surface area contributed by atoms with Crippen LogP contribution in [-0.2, 0) is 6.54 Å². The summed E-state index contributed by atoms with van der Waals surface area (Å²) < 4.78 is 0. The SMILES string of the molecule is CN(Cc1ncn[nH]1)C(=O)c1cccc(N)c1. The first kappa shape index (κ1) is 11.1. The minimum absolute atomic E-state index is 0.103. The lowest BCUT2D eigenvalue weighted by Crippen LogP contribution is -2.26. The summed E-state index contributed by atoms with van der Waals surface area (Å²) in [7, 11) is 1.70. The second-order valence-corrected chi connectivity index (χ2v) is 3.72. The summed E-state index contributed by atoms with van der Waals surface area (Å²) in [6, 6.07) is 6.88. The van der Waals surface area contributed by atoms with Crippen molar-refractivity contribution >= 4 is 11.6 Å². The zero-order chi connectivity index (χ0) is 12.3. The van der Waals surface area contributed by atoms with Crippen molar-refractivity contribution < 1.29 is 4.79 Å². The van der Waals surface area contributed by atoms with Gasteiger partial charge in [-0.25, -0.2) is 4.98 Å². The molecule has 0 bridgehead atoms. The predicted octanol–water partition coefficient (Wildman–Crippen LogP) is 0.659. The van der Waals surface area contributed by atoms with Gasteiger partial charge in [-0.3, -0.25) is 9.89 Å². The highest BCUT2D eigenvalue weighted by atomic mass is 16.2. The first-order valence-electron chi connectivity index (χ1n) is 5.12. The molecule has 1 heterocycles. The molecule has 1 aromatic heterocycles. The van der Waals surface area contributed by atoms with Crippen molar-refractivity contribution in [3.8, 4) is 0 Å². The number of anilines is 1. The summed E-state index contributed by atoms with van der Waals surface area (Å²) in [6.45, 7) is 0.383. The Labute approximate surface area is 98.5 Å².